The Morgan fingerprint density at radius 3 is 2.48 bits per heavy atom. The van der Waals surface area contributed by atoms with E-state index < -0.39 is 5.37 Å². The van der Waals surface area contributed by atoms with E-state index in [-0.39, 0.29) is 11.8 Å². The summed E-state index contributed by atoms with van der Waals surface area (Å²) in [7, 11) is 0. The molecule has 3 rings (SSSR count). The first-order valence-electron chi connectivity index (χ1n) is 6.55. The lowest BCUT2D eigenvalue weighted by Crippen LogP contribution is -2.41. The van der Waals surface area contributed by atoms with Gasteiger partial charge in [0.05, 0.1) is 0 Å². The van der Waals surface area contributed by atoms with Crippen LogP contribution in [0.25, 0.3) is 0 Å². The Hall–Kier alpha value is -2.22. The molecule has 7 nitrogen and oxygen atoms in total. The van der Waals surface area contributed by atoms with Crippen molar-refractivity contribution in [2.45, 2.75) is 29.8 Å². The number of aromatic nitrogens is 4. The number of nitrogens with zero attached hydrogens (tertiary/aromatic N) is 4. The summed E-state index contributed by atoms with van der Waals surface area (Å²) in [6.07, 6.45) is 1.40. The fraction of sp³-hybridized carbons (Fsp3) is 0.308. The monoisotopic (exact) mass is 303 g/mol. The van der Waals surface area contributed by atoms with E-state index in [4.69, 9.17) is 0 Å². The zero-order valence-electron chi connectivity index (χ0n) is 11.1. The predicted molar refractivity (Wildman–Crippen MR) is 74.9 cm³/mol. The summed E-state index contributed by atoms with van der Waals surface area (Å²) >= 11 is 1.23. The van der Waals surface area contributed by atoms with Crippen LogP contribution in [0.1, 0.15) is 30.2 Å². The normalized spacial score (nSPS) is 17.0. The molecule has 1 fully saturated rings. The van der Waals surface area contributed by atoms with Gasteiger partial charge in [-0.15, -0.1) is 10.2 Å². The van der Waals surface area contributed by atoms with Crippen LogP contribution in [0.5, 0.6) is 0 Å². The lowest BCUT2D eigenvalue weighted by Gasteiger charge is -2.31. The molecule has 0 saturated carbocycles. The van der Waals surface area contributed by atoms with Crippen LogP contribution in [-0.4, -0.2) is 37.3 Å². The van der Waals surface area contributed by atoms with Crippen LogP contribution in [-0.2, 0) is 9.59 Å². The van der Waals surface area contributed by atoms with Gasteiger partial charge in [-0.3, -0.25) is 14.5 Å². The number of hydrogen-bond donors (Lipinski definition) is 1. The number of imide groups is 1. The summed E-state index contributed by atoms with van der Waals surface area (Å²) in [5.74, 6) is -0.313. The van der Waals surface area contributed by atoms with Crippen LogP contribution in [0.2, 0.25) is 0 Å². The van der Waals surface area contributed by atoms with Crippen molar-refractivity contribution < 1.29 is 9.59 Å². The molecule has 1 N–H and O–H groups in total. The summed E-state index contributed by atoms with van der Waals surface area (Å²) in [4.78, 5) is 25.7. The Balaban J connectivity index is 1.95. The maximum Gasteiger partial charge on any atom is 0.233 e. The van der Waals surface area contributed by atoms with Gasteiger partial charge in [-0.1, -0.05) is 42.1 Å². The van der Waals surface area contributed by atoms with Crippen LogP contribution in [0.3, 0.4) is 0 Å². The van der Waals surface area contributed by atoms with Crippen molar-refractivity contribution in [3.8, 4) is 0 Å². The number of nitrogens with one attached hydrogen (secondary N) is 1. The van der Waals surface area contributed by atoms with Gasteiger partial charge < -0.3 is 0 Å². The molecule has 1 aliphatic rings. The van der Waals surface area contributed by atoms with Gasteiger partial charge in [0, 0.05) is 12.8 Å². The zero-order chi connectivity index (χ0) is 14.7. The number of rotatable bonds is 4. The highest BCUT2D eigenvalue weighted by Gasteiger charge is 2.34. The van der Waals surface area contributed by atoms with Gasteiger partial charge in [0.15, 0.2) is 0 Å². The van der Waals surface area contributed by atoms with Crippen molar-refractivity contribution in [2.75, 3.05) is 0 Å². The number of amides is 2. The van der Waals surface area contributed by atoms with Crippen molar-refractivity contribution in [3.05, 3.63) is 35.9 Å². The van der Waals surface area contributed by atoms with Gasteiger partial charge in [-0.05, 0) is 17.2 Å². The third-order valence-corrected chi connectivity index (χ3v) is 4.27. The van der Waals surface area contributed by atoms with E-state index in [2.05, 4.69) is 20.6 Å². The minimum atomic E-state index is -0.468. The molecule has 2 heterocycles. The third-order valence-electron chi connectivity index (χ3n) is 3.18. The first-order valence-corrected chi connectivity index (χ1v) is 7.43. The fourth-order valence-electron chi connectivity index (χ4n) is 2.22. The van der Waals surface area contributed by atoms with Crippen molar-refractivity contribution in [1.29, 1.82) is 0 Å². The van der Waals surface area contributed by atoms with E-state index in [1.165, 1.54) is 16.7 Å². The number of piperidine rings is 1. The molecular weight excluding hydrogens is 290 g/mol. The van der Waals surface area contributed by atoms with Crippen molar-refractivity contribution >= 4 is 23.6 Å². The second-order valence-corrected chi connectivity index (χ2v) is 5.63. The fourth-order valence-corrected chi connectivity index (χ4v) is 3.24. The lowest BCUT2D eigenvalue weighted by atomic mass is 10.1. The summed E-state index contributed by atoms with van der Waals surface area (Å²) in [5.41, 5.74) is 0.857. The number of tetrazole rings is 1. The third kappa shape index (κ3) is 2.94. The maximum atomic E-state index is 12.2. The molecule has 1 unspecified atom stereocenters. The second kappa shape index (κ2) is 6.04. The molecule has 108 valence electrons. The molecular formula is C13H13N5O2S. The van der Waals surface area contributed by atoms with Gasteiger partial charge in [-0.2, -0.15) is 5.21 Å². The molecule has 0 spiro atoms. The first-order chi connectivity index (χ1) is 10.3. The Kier molecular flexibility index (Phi) is 3.96. The Bertz CT molecular complexity index is 615. The first kappa shape index (κ1) is 13.7. The van der Waals surface area contributed by atoms with Crippen LogP contribution in [0.4, 0.5) is 0 Å². The number of likely N-dealkylation sites (tertiary alicyclic amines) is 1. The van der Waals surface area contributed by atoms with Crippen LogP contribution in [0, 0.1) is 0 Å². The molecule has 2 amide bonds. The maximum absolute atomic E-state index is 12.2. The lowest BCUT2D eigenvalue weighted by molar-refractivity contribution is -0.148. The van der Waals surface area contributed by atoms with Gasteiger partial charge >= 0.3 is 0 Å². The zero-order valence-corrected chi connectivity index (χ0v) is 11.9. The summed E-state index contributed by atoms with van der Waals surface area (Å²) in [6.45, 7) is 0. The number of hydrogen-bond acceptors (Lipinski definition) is 6. The Labute approximate surface area is 125 Å². The molecule has 1 aromatic heterocycles. The quantitative estimate of drug-likeness (QED) is 0.680. The van der Waals surface area contributed by atoms with Crippen LogP contribution >= 0.6 is 11.8 Å². The van der Waals surface area contributed by atoms with Gasteiger partial charge in [0.1, 0.15) is 5.37 Å². The average molecular weight is 303 g/mol. The van der Waals surface area contributed by atoms with Gasteiger partial charge in [-0.25, -0.2) is 0 Å². The minimum Gasteiger partial charge on any atom is -0.274 e. The summed E-state index contributed by atoms with van der Waals surface area (Å²) < 4.78 is 0. The molecule has 8 heteroatoms. The average Bonchev–Trinajstić information content (AvgIpc) is 3.00. The largest absolute Gasteiger partial charge is 0.274 e. The van der Waals surface area contributed by atoms with E-state index in [9.17, 15) is 9.59 Å². The Morgan fingerprint density at radius 1 is 1.14 bits per heavy atom. The topological polar surface area (TPSA) is 91.8 Å². The van der Waals surface area contributed by atoms with E-state index >= 15 is 0 Å². The number of thioether (sulfide) groups is 1. The van der Waals surface area contributed by atoms with Gasteiger partial charge in [0.25, 0.3) is 0 Å². The number of H-pyrrole nitrogens is 1. The Morgan fingerprint density at radius 2 is 1.86 bits per heavy atom. The number of aromatic amines is 1. The van der Waals surface area contributed by atoms with E-state index in [1.807, 2.05) is 30.3 Å². The van der Waals surface area contributed by atoms with E-state index in [1.54, 1.807) is 0 Å². The molecule has 0 bridgehead atoms. The molecule has 1 aliphatic heterocycles. The van der Waals surface area contributed by atoms with E-state index in [0.717, 1.165) is 5.56 Å². The number of carbonyl (C=O) groups excluding carboxylic acids is 2. The highest BCUT2D eigenvalue weighted by molar-refractivity contribution is 7.99. The van der Waals surface area contributed by atoms with Gasteiger partial charge in [0.2, 0.25) is 17.0 Å². The van der Waals surface area contributed by atoms with Crippen LogP contribution < -0.4 is 0 Å². The molecule has 21 heavy (non-hydrogen) atoms. The minimum absolute atomic E-state index is 0.156. The summed E-state index contributed by atoms with van der Waals surface area (Å²) in [6, 6.07) is 9.40. The van der Waals surface area contributed by atoms with E-state index in [0.29, 0.717) is 24.4 Å². The predicted octanol–water partition coefficient (Wildman–Crippen LogP) is 1.53. The molecule has 2 aromatic rings. The smallest absolute Gasteiger partial charge is 0.233 e. The highest BCUT2D eigenvalue weighted by Crippen LogP contribution is 2.38. The number of benzene rings is 1. The SMILES string of the molecule is O=C1CCCC(=O)N1C(Sc1nn[nH]n1)c1ccccc1. The molecule has 1 saturated heterocycles. The van der Waals surface area contributed by atoms with Crippen molar-refractivity contribution in [2.24, 2.45) is 0 Å². The van der Waals surface area contributed by atoms with Crippen LogP contribution in [0.15, 0.2) is 35.5 Å². The van der Waals surface area contributed by atoms with Crippen molar-refractivity contribution in [1.82, 2.24) is 25.5 Å². The highest BCUT2D eigenvalue weighted by atomic mass is 32.2. The summed E-state index contributed by atoms with van der Waals surface area (Å²) in [5, 5.41) is 13.6. The second-order valence-electron chi connectivity index (χ2n) is 4.59. The molecule has 0 aliphatic carbocycles. The van der Waals surface area contributed by atoms with Crippen molar-refractivity contribution in [3.63, 3.8) is 0 Å². The number of carbonyl (C=O) groups is 2. The molecule has 1 aromatic carbocycles. The molecule has 1 atom stereocenters. The molecule has 0 radical (unpaired) electrons. The standard InChI is InChI=1S/C13H13N5O2S/c19-10-7-4-8-11(20)18(10)12(9-5-2-1-3-6-9)21-13-14-16-17-15-13/h1-3,5-6,12H,4,7-8H2,(H,14,15,16,17).